The summed E-state index contributed by atoms with van der Waals surface area (Å²) in [6.45, 7) is -0.106. The van der Waals surface area contributed by atoms with E-state index in [0.717, 1.165) is 5.56 Å². The molecule has 0 atom stereocenters. The minimum atomic E-state index is -0.572. The second kappa shape index (κ2) is 7.18. The van der Waals surface area contributed by atoms with Gasteiger partial charge in [0.1, 0.15) is 5.75 Å². The predicted octanol–water partition coefficient (Wildman–Crippen LogP) is 3.89. The Morgan fingerprint density at radius 1 is 1.24 bits per heavy atom. The maximum absolute atomic E-state index is 11.0. The summed E-state index contributed by atoms with van der Waals surface area (Å²) >= 11 is 5.76. The molecule has 25 heavy (non-hydrogen) atoms. The van der Waals surface area contributed by atoms with Gasteiger partial charge in [-0.2, -0.15) is 4.98 Å². The van der Waals surface area contributed by atoms with E-state index in [9.17, 15) is 10.1 Å². The zero-order valence-electron chi connectivity index (χ0n) is 13.0. The van der Waals surface area contributed by atoms with Gasteiger partial charge >= 0.3 is 5.69 Å². The molecule has 0 saturated heterocycles. The average Bonchev–Trinajstić information content (AvgIpc) is 3.09. The first-order chi connectivity index (χ1) is 12.1. The number of benzene rings is 2. The first kappa shape index (κ1) is 16.7. The highest BCUT2D eigenvalue weighted by Gasteiger charge is 2.17. The number of methoxy groups -OCH3 is 1. The third kappa shape index (κ3) is 3.86. The lowest BCUT2D eigenvalue weighted by Crippen LogP contribution is -1.99. The molecule has 3 rings (SSSR count). The number of aromatic nitrogens is 2. The molecule has 0 bridgehead atoms. The molecular weight excluding hydrogens is 350 g/mol. The van der Waals surface area contributed by atoms with Crippen LogP contribution in [0.1, 0.15) is 5.89 Å². The van der Waals surface area contributed by atoms with Gasteiger partial charge in [0.15, 0.2) is 12.4 Å². The number of nitro groups is 1. The minimum absolute atomic E-state index is 0.0681. The van der Waals surface area contributed by atoms with Gasteiger partial charge in [-0.05, 0) is 36.4 Å². The third-order valence-electron chi connectivity index (χ3n) is 3.29. The first-order valence-electron chi connectivity index (χ1n) is 7.10. The van der Waals surface area contributed by atoms with Crippen LogP contribution in [0, 0.1) is 10.1 Å². The number of hydrogen-bond donors (Lipinski definition) is 0. The van der Waals surface area contributed by atoms with E-state index < -0.39 is 4.92 Å². The average molecular weight is 362 g/mol. The summed E-state index contributed by atoms with van der Waals surface area (Å²) in [5.74, 6) is 1.35. The fourth-order valence-corrected chi connectivity index (χ4v) is 2.23. The van der Waals surface area contributed by atoms with E-state index in [1.807, 2.05) is 0 Å². The van der Waals surface area contributed by atoms with Crippen LogP contribution in [0.2, 0.25) is 5.02 Å². The van der Waals surface area contributed by atoms with Crippen LogP contribution in [0.3, 0.4) is 0 Å². The van der Waals surface area contributed by atoms with Crippen LogP contribution in [0.15, 0.2) is 47.0 Å². The largest absolute Gasteiger partial charge is 0.497 e. The molecular formula is C16H12ClN3O5. The lowest BCUT2D eigenvalue weighted by Gasteiger charge is -2.04. The van der Waals surface area contributed by atoms with Gasteiger partial charge in [-0.3, -0.25) is 10.1 Å². The maximum Gasteiger partial charge on any atom is 0.312 e. The molecule has 0 N–H and O–H groups in total. The molecule has 0 unspecified atom stereocenters. The highest BCUT2D eigenvalue weighted by molar-refractivity contribution is 6.30. The molecule has 0 fully saturated rings. The van der Waals surface area contributed by atoms with E-state index in [4.69, 9.17) is 25.6 Å². The predicted molar refractivity (Wildman–Crippen MR) is 88.7 cm³/mol. The van der Waals surface area contributed by atoms with Crippen LogP contribution in [0.5, 0.6) is 11.5 Å². The lowest BCUT2D eigenvalue weighted by molar-refractivity contribution is -0.385. The van der Waals surface area contributed by atoms with Gasteiger partial charge in [0.25, 0.3) is 5.89 Å². The van der Waals surface area contributed by atoms with E-state index in [2.05, 4.69) is 10.1 Å². The Balaban J connectivity index is 1.73. The molecule has 9 heteroatoms. The number of nitrogens with zero attached hydrogens (tertiary/aromatic N) is 3. The van der Waals surface area contributed by atoms with Crippen LogP contribution < -0.4 is 9.47 Å². The zero-order chi connectivity index (χ0) is 17.8. The standard InChI is InChI=1S/C16H12ClN3O5/c1-23-12-5-2-10(3-6-12)16-18-15(25-19-16)9-24-14-7-4-11(17)8-13(14)20(21)22/h2-8H,9H2,1H3. The second-order valence-electron chi connectivity index (χ2n) is 4.90. The SMILES string of the molecule is COc1ccc(-c2noc(COc3ccc(Cl)cc3[N+](=O)[O-])n2)cc1. The summed E-state index contributed by atoms with van der Waals surface area (Å²) in [5, 5.41) is 15.1. The van der Waals surface area contributed by atoms with Crippen molar-refractivity contribution in [2.75, 3.05) is 7.11 Å². The Kier molecular flexibility index (Phi) is 4.80. The summed E-state index contributed by atoms with van der Waals surface area (Å²) in [5.41, 5.74) is 0.510. The van der Waals surface area contributed by atoms with Crippen molar-refractivity contribution in [3.63, 3.8) is 0 Å². The van der Waals surface area contributed by atoms with Crippen molar-refractivity contribution in [3.05, 3.63) is 63.5 Å². The second-order valence-corrected chi connectivity index (χ2v) is 5.33. The molecule has 0 aliphatic carbocycles. The van der Waals surface area contributed by atoms with Crippen molar-refractivity contribution in [1.29, 1.82) is 0 Å². The molecule has 0 aliphatic heterocycles. The van der Waals surface area contributed by atoms with Gasteiger partial charge in [-0.1, -0.05) is 16.8 Å². The smallest absolute Gasteiger partial charge is 0.312 e. The molecule has 128 valence electrons. The Hall–Kier alpha value is -3.13. The number of halogens is 1. The number of ether oxygens (including phenoxy) is 2. The van der Waals surface area contributed by atoms with Gasteiger partial charge in [-0.15, -0.1) is 0 Å². The molecule has 0 amide bonds. The summed E-state index contributed by atoms with van der Waals surface area (Å²) in [7, 11) is 1.58. The van der Waals surface area contributed by atoms with Gasteiger partial charge in [0, 0.05) is 16.7 Å². The summed E-state index contributed by atoms with van der Waals surface area (Å²) in [6.07, 6.45) is 0. The third-order valence-corrected chi connectivity index (χ3v) is 3.52. The molecule has 1 heterocycles. The van der Waals surface area contributed by atoms with Crippen molar-refractivity contribution < 1.29 is 18.9 Å². The summed E-state index contributed by atoms with van der Waals surface area (Å²) < 4.78 is 15.6. The fourth-order valence-electron chi connectivity index (χ4n) is 2.07. The molecule has 8 nitrogen and oxygen atoms in total. The van der Waals surface area contributed by atoms with E-state index in [1.165, 1.54) is 18.2 Å². The van der Waals surface area contributed by atoms with Crippen LogP contribution >= 0.6 is 11.6 Å². The Morgan fingerprint density at radius 3 is 2.68 bits per heavy atom. The topological polar surface area (TPSA) is 101 Å². The van der Waals surface area contributed by atoms with Gasteiger partial charge in [0.2, 0.25) is 5.82 Å². The van der Waals surface area contributed by atoms with Crippen molar-refractivity contribution >= 4 is 17.3 Å². The molecule has 0 saturated carbocycles. The summed E-state index contributed by atoms with van der Waals surface area (Å²) in [6, 6.07) is 11.3. The number of rotatable bonds is 6. The molecule has 0 radical (unpaired) electrons. The molecule has 1 aromatic heterocycles. The maximum atomic E-state index is 11.0. The Bertz CT molecular complexity index is 895. The lowest BCUT2D eigenvalue weighted by atomic mass is 10.2. The van der Waals surface area contributed by atoms with E-state index in [0.29, 0.717) is 11.6 Å². The molecule has 2 aromatic carbocycles. The zero-order valence-corrected chi connectivity index (χ0v) is 13.8. The molecule has 0 aliphatic rings. The molecule has 0 spiro atoms. The van der Waals surface area contributed by atoms with Gasteiger partial charge in [0.05, 0.1) is 12.0 Å². The van der Waals surface area contributed by atoms with Crippen LogP contribution in [-0.2, 0) is 6.61 Å². The fraction of sp³-hybridized carbons (Fsp3) is 0.125. The molecule has 3 aromatic rings. The van der Waals surface area contributed by atoms with E-state index in [1.54, 1.807) is 31.4 Å². The van der Waals surface area contributed by atoms with Gasteiger partial charge in [-0.25, -0.2) is 0 Å². The van der Waals surface area contributed by atoms with Crippen molar-refractivity contribution in [3.8, 4) is 22.9 Å². The minimum Gasteiger partial charge on any atom is -0.497 e. The Labute approximate surface area is 147 Å². The first-order valence-corrected chi connectivity index (χ1v) is 7.48. The monoisotopic (exact) mass is 361 g/mol. The normalized spacial score (nSPS) is 10.5. The number of hydrogen-bond acceptors (Lipinski definition) is 7. The van der Waals surface area contributed by atoms with Crippen LogP contribution in [0.25, 0.3) is 11.4 Å². The highest BCUT2D eigenvalue weighted by Crippen LogP contribution is 2.30. The summed E-state index contributed by atoms with van der Waals surface area (Å²) in [4.78, 5) is 14.7. The van der Waals surface area contributed by atoms with Crippen LogP contribution in [0.4, 0.5) is 5.69 Å². The van der Waals surface area contributed by atoms with Crippen LogP contribution in [-0.4, -0.2) is 22.2 Å². The Morgan fingerprint density at radius 2 is 2.00 bits per heavy atom. The quantitative estimate of drug-likeness (QED) is 0.485. The van der Waals surface area contributed by atoms with Crippen molar-refractivity contribution in [2.45, 2.75) is 6.61 Å². The highest BCUT2D eigenvalue weighted by atomic mass is 35.5. The van der Waals surface area contributed by atoms with Crippen molar-refractivity contribution in [2.24, 2.45) is 0 Å². The van der Waals surface area contributed by atoms with Crippen molar-refractivity contribution in [1.82, 2.24) is 10.1 Å². The van der Waals surface area contributed by atoms with E-state index >= 15 is 0 Å². The van der Waals surface area contributed by atoms with Gasteiger partial charge < -0.3 is 14.0 Å². The van der Waals surface area contributed by atoms with E-state index in [-0.39, 0.29) is 29.0 Å². The number of nitro benzene ring substituents is 1.